The zero-order chi connectivity index (χ0) is 21.5. The molecule has 1 fully saturated rings. The number of carbonyl (C=O) groups is 1. The lowest BCUT2D eigenvalue weighted by atomic mass is 9.96. The second-order valence-corrected chi connectivity index (χ2v) is 7.02. The van der Waals surface area contributed by atoms with Crippen molar-refractivity contribution in [3.05, 3.63) is 53.6 Å². The molecule has 0 aromatic heterocycles. The van der Waals surface area contributed by atoms with Gasteiger partial charge in [-0.05, 0) is 48.4 Å². The summed E-state index contributed by atoms with van der Waals surface area (Å²) in [6.45, 7) is 3.26. The average Bonchev–Trinajstić information content (AvgIpc) is 2.81. The highest BCUT2D eigenvalue weighted by Crippen LogP contribution is 2.36. The second kappa shape index (κ2) is 10.3. The molecule has 1 amide bonds. The van der Waals surface area contributed by atoms with Crippen LogP contribution in [0.3, 0.4) is 0 Å². The summed E-state index contributed by atoms with van der Waals surface area (Å²) in [4.78, 5) is 15.1. The number of carbonyl (C=O) groups excluding carboxylic acids is 1. The van der Waals surface area contributed by atoms with Gasteiger partial charge in [0.25, 0.3) is 5.91 Å². The molecule has 0 bridgehead atoms. The van der Waals surface area contributed by atoms with Crippen LogP contribution in [0.1, 0.15) is 35.3 Å². The van der Waals surface area contributed by atoms with Crippen LogP contribution in [0.2, 0.25) is 0 Å². The van der Waals surface area contributed by atoms with E-state index in [4.69, 9.17) is 18.9 Å². The van der Waals surface area contributed by atoms with Crippen LogP contribution in [-0.4, -0.2) is 62.6 Å². The number of hydrogen-bond acceptors (Lipinski definition) is 6. The number of ether oxygens (including phenoxy) is 4. The molecule has 1 aliphatic rings. The minimum absolute atomic E-state index is 0.126. The van der Waals surface area contributed by atoms with Gasteiger partial charge in [0.1, 0.15) is 11.9 Å². The number of morpholine rings is 1. The first-order valence-electron chi connectivity index (χ1n) is 10.1. The predicted octanol–water partition coefficient (Wildman–Crippen LogP) is 3.07. The summed E-state index contributed by atoms with van der Waals surface area (Å²) in [5, 5.41) is 9.90. The Morgan fingerprint density at radius 1 is 1.13 bits per heavy atom. The number of aliphatic hydroxyl groups excluding tert-OH is 1. The molecule has 2 aromatic carbocycles. The van der Waals surface area contributed by atoms with E-state index in [1.54, 1.807) is 49.5 Å². The highest BCUT2D eigenvalue weighted by atomic mass is 16.5. The van der Waals surface area contributed by atoms with Gasteiger partial charge in [0.05, 0.1) is 40.1 Å². The van der Waals surface area contributed by atoms with E-state index in [1.807, 2.05) is 19.1 Å². The van der Waals surface area contributed by atoms with E-state index in [9.17, 15) is 9.90 Å². The molecule has 1 aliphatic heterocycles. The molecule has 2 atom stereocenters. The number of nitrogens with zero attached hydrogens (tertiary/aromatic N) is 1. The third-order valence-corrected chi connectivity index (χ3v) is 5.12. The van der Waals surface area contributed by atoms with Crippen LogP contribution < -0.4 is 14.2 Å². The Kier molecular flexibility index (Phi) is 7.54. The lowest BCUT2D eigenvalue weighted by molar-refractivity contribution is -0.0811. The molecule has 3 rings (SSSR count). The summed E-state index contributed by atoms with van der Waals surface area (Å²) in [7, 11) is 3.13. The monoisotopic (exact) mass is 415 g/mol. The van der Waals surface area contributed by atoms with Crippen molar-refractivity contribution in [3.63, 3.8) is 0 Å². The van der Waals surface area contributed by atoms with Crippen molar-refractivity contribution in [2.24, 2.45) is 0 Å². The van der Waals surface area contributed by atoms with Crippen LogP contribution >= 0.6 is 0 Å². The third kappa shape index (κ3) is 4.68. The molecular weight excluding hydrogens is 386 g/mol. The van der Waals surface area contributed by atoms with E-state index < -0.39 is 12.1 Å². The first kappa shape index (κ1) is 21.9. The average molecular weight is 415 g/mol. The number of aliphatic hydroxyl groups is 1. The van der Waals surface area contributed by atoms with Crippen molar-refractivity contribution >= 4 is 5.91 Å². The predicted molar refractivity (Wildman–Crippen MR) is 112 cm³/mol. The van der Waals surface area contributed by atoms with E-state index in [0.717, 1.165) is 17.7 Å². The number of methoxy groups -OCH3 is 2. The zero-order valence-corrected chi connectivity index (χ0v) is 17.7. The number of rotatable bonds is 8. The largest absolute Gasteiger partial charge is 0.494 e. The Bertz CT molecular complexity index is 838. The van der Waals surface area contributed by atoms with Crippen LogP contribution in [0, 0.1) is 0 Å². The van der Waals surface area contributed by atoms with E-state index in [2.05, 4.69) is 0 Å². The smallest absolute Gasteiger partial charge is 0.254 e. The minimum atomic E-state index is -0.534. The fourth-order valence-electron chi connectivity index (χ4n) is 3.62. The maximum Gasteiger partial charge on any atom is 0.254 e. The molecule has 0 spiro atoms. The summed E-state index contributed by atoms with van der Waals surface area (Å²) in [5.74, 6) is 1.76. The van der Waals surface area contributed by atoms with Gasteiger partial charge in [0.2, 0.25) is 0 Å². The highest BCUT2D eigenvalue weighted by Gasteiger charge is 2.37. The molecule has 0 radical (unpaired) electrons. The Hall–Kier alpha value is -2.77. The Balaban J connectivity index is 1.90. The van der Waals surface area contributed by atoms with Crippen molar-refractivity contribution in [2.75, 3.05) is 40.6 Å². The second-order valence-electron chi connectivity index (χ2n) is 7.02. The fraction of sp³-hybridized carbons (Fsp3) is 0.435. The molecule has 0 saturated carbocycles. The van der Waals surface area contributed by atoms with Gasteiger partial charge in [-0.1, -0.05) is 13.0 Å². The number of hydrogen-bond donors (Lipinski definition) is 1. The van der Waals surface area contributed by atoms with Gasteiger partial charge in [0, 0.05) is 12.1 Å². The van der Waals surface area contributed by atoms with Gasteiger partial charge in [-0.25, -0.2) is 0 Å². The zero-order valence-electron chi connectivity index (χ0n) is 17.7. The molecule has 30 heavy (non-hydrogen) atoms. The Morgan fingerprint density at radius 3 is 2.50 bits per heavy atom. The molecule has 162 valence electrons. The SMILES string of the molecule is CCCOc1ccc(C(=O)N2CCO[C@H](CO)[C@H]2c2ccc(OC)c(OC)c2)cc1. The molecule has 0 unspecified atom stereocenters. The molecule has 2 aromatic rings. The molecule has 1 saturated heterocycles. The molecule has 7 nitrogen and oxygen atoms in total. The quantitative estimate of drug-likeness (QED) is 0.714. The number of benzene rings is 2. The summed E-state index contributed by atoms with van der Waals surface area (Å²) >= 11 is 0. The van der Waals surface area contributed by atoms with Crippen LogP contribution in [-0.2, 0) is 4.74 Å². The minimum Gasteiger partial charge on any atom is -0.494 e. The van der Waals surface area contributed by atoms with Gasteiger partial charge in [-0.15, -0.1) is 0 Å². The van der Waals surface area contributed by atoms with Gasteiger partial charge in [-0.2, -0.15) is 0 Å². The molecule has 1 N–H and O–H groups in total. The molecule has 7 heteroatoms. The lowest BCUT2D eigenvalue weighted by Gasteiger charge is -2.41. The maximum absolute atomic E-state index is 13.3. The fourth-order valence-corrected chi connectivity index (χ4v) is 3.62. The van der Waals surface area contributed by atoms with E-state index in [0.29, 0.717) is 36.8 Å². The molecular formula is C23H29NO6. The van der Waals surface area contributed by atoms with Crippen molar-refractivity contribution in [1.29, 1.82) is 0 Å². The maximum atomic E-state index is 13.3. The molecule has 1 heterocycles. The van der Waals surface area contributed by atoms with Gasteiger partial charge >= 0.3 is 0 Å². The van der Waals surface area contributed by atoms with Crippen LogP contribution in [0.4, 0.5) is 0 Å². The highest BCUT2D eigenvalue weighted by molar-refractivity contribution is 5.94. The summed E-state index contributed by atoms with van der Waals surface area (Å²) < 4.78 is 22.1. The van der Waals surface area contributed by atoms with E-state index in [-0.39, 0.29) is 12.5 Å². The summed E-state index contributed by atoms with van der Waals surface area (Å²) in [5.41, 5.74) is 1.37. The first-order valence-corrected chi connectivity index (χ1v) is 10.1. The van der Waals surface area contributed by atoms with Crippen LogP contribution in [0.15, 0.2) is 42.5 Å². The lowest BCUT2D eigenvalue weighted by Crippen LogP contribution is -2.49. The van der Waals surface area contributed by atoms with Crippen molar-refractivity contribution < 1.29 is 28.8 Å². The van der Waals surface area contributed by atoms with Crippen LogP contribution in [0.25, 0.3) is 0 Å². The standard InChI is InChI=1S/C23H29NO6/c1-4-12-29-18-8-5-16(6-9-18)23(26)24-11-13-30-21(15-25)22(24)17-7-10-19(27-2)20(14-17)28-3/h5-10,14,21-22,25H,4,11-13,15H2,1-3H3/t21-,22-/m1/s1. The topological polar surface area (TPSA) is 77.5 Å². The summed E-state index contributed by atoms with van der Waals surface area (Å²) in [6.07, 6.45) is 0.386. The van der Waals surface area contributed by atoms with Crippen LogP contribution in [0.5, 0.6) is 17.2 Å². The van der Waals surface area contributed by atoms with E-state index >= 15 is 0 Å². The molecule has 0 aliphatic carbocycles. The first-order chi connectivity index (χ1) is 14.6. The Labute approximate surface area is 177 Å². The van der Waals surface area contributed by atoms with Crippen molar-refractivity contribution in [1.82, 2.24) is 4.90 Å². The van der Waals surface area contributed by atoms with Gasteiger partial charge in [0.15, 0.2) is 11.5 Å². The van der Waals surface area contributed by atoms with Gasteiger partial charge in [-0.3, -0.25) is 4.79 Å². The van der Waals surface area contributed by atoms with Gasteiger partial charge < -0.3 is 29.0 Å². The normalized spacial score (nSPS) is 18.7. The summed E-state index contributed by atoms with van der Waals surface area (Å²) in [6, 6.07) is 12.2. The van der Waals surface area contributed by atoms with Crippen molar-refractivity contribution in [3.8, 4) is 17.2 Å². The third-order valence-electron chi connectivity index (χ3n) is 5.12. The Morgan fingerprint density at radius 2 is 1.87 bits per heavy atom. The van der Waals surface area contributed by atoms with E-state index in [1.165, 1.54) is 0 Å². The number of amides is 1. The van der Waals surface area contributed by atoms with Crippen molar-refractivity contribution in [2.45, 2.75) is 25.5 Å².